The van der Waals surface area contributed by atoms with Gasteiger partial charge in [-0.25, -0.2) is 4.79 Å². The quantitative estimate of drug-likeness (QED) is 0.0252. The highest BCUT2D eigenvalue weighted by atomic mass is 16.6. The van der Waals surface area contributed by atoms with Gasteiger partial charge in [0, 0.05) is 51.7 Å². The third kappa shape index (κ3) is 68.1. The molecular weight excluding hydrogens is 1120 g/mol. The molecule has 16 heteroatoms. The van der Waals surface area contributed by atoms with Crippen molar-refractivity contribution in [1.82, 2.24) is 10.6 Å². The van der Waals surface area contributed by atoms with E-state index in [9.17, 15) is 33.6 Å². The van der Waals surface area contributed by atoms with Crippen molar-refractivity contribution < 1.29 is 67.5 Å². The Morgan fingerprint density at radius 2 is 0.625 bits per heavy atom. The molecule has 1 atom stereocenters. The van der Waals surface area contributed by atoms with Gasteiger partial charge >= 0.3 is 30.0 Å². The molecule has 0 saturated heterocycles. The lowest BCUT2D eigenvalue weighted by Gasteiger charge is -2.23. The number of hydrogen-bond acceptors (Lipinski definition) is 12. The highest BCUT2D eigenvalue weighted by molar-refractivity contribution is 5.87. The van der Waals surface area contributed by atoms with Crippen LogP contribution >= 0.6 is 0 Å². The summed E-state index contributed by atoms with van der Waals surface area (Å²) in [5.41, 5.74) is -0.741. The first-order valence-electron chi connectivity index (χ1n) is 36.4. The predicted octanol–water partition coefficient (Wildman–Crippen LogP) is 18.5. The first-order chi connectivity index (χ1) is 42.7. The fraction of sp³-hybridized carbons (Fsp3) is 0.903. The molecule has 516 valence electrons. The monoisotopic (exact) mass is 1250 g/mol. The van der Waals surface area contributed by atoms with Gasteiger partial charge in [-0.05, 0) is 65.7 Å². The second-order valence-electron chi connectivity index (χ2n) is 26.0. The van der Waals surface area contributed by atoms with Gasteiger partial charge in [0.05, 0.1) is 25.9 Å². The van der Waals surface area contributed by atoms with Crippen molar-refractivity contribution in [3.05, 3.63) is 0 Å². The molecule has 0 aromatic heterocycles. The maximum Gasteiger partial charge on any atom is 0.408 e. The summed E-state index contributed by atoms with van der Waals surface area (Å²) in [6, 6.07) is -0.819. The number of rotatable bonds is 69. The van der Waals surface area contributed by atoms with Crippen LogP contribution in [0.3, 0.4) is 0 Å². The van der Waals surface area contributed by atoms with Gasteiger partial charge in [-0.3, -0.25) is 28.8 Å². The van der Waals surface area contributed by atoms with Gasteiger partial charge in [0.2, 0.25) is 5.91 Å². The van der Waals surface area contributed by atoms with Gasteiger partial charge in [0.1, 0.15) is 18.8 Å². The predicted molar refractivity (Wildman–Crippen MR) is 355 cm³/mol. The number of Topliss-reactive ketones (excluding diaryl/α,β-unsaturated/α-hetero) is 1. The molecule has 0 fully saturated rings. The zero-order valence-electron chi connectivity index (χ0n) is 56.8. The van der Waals surface area contributed by atoms with E-state index in [0.29, 0.717) is 51.7 Å². The van der Waals surface area contributed by atoms with Crippen molar-refractivity contribution in [2.24, 2.45) is 0 Å². The Hall–Kier alpha value is -3.79. The van der Waals surface area contributed by atoms with E-state index in [4.69, 9.17) is 33.9 Å². The van der Waals surface area contributed by atoms with Crippen LogP contribution in [-0.4, -0.2) is 110 Å². The van der Waals surface area contributed by atoms with Crippen LogP contribution in [0, 0.1) is 0 Å². The smallest absolute Gasteiger partial charge is 0.408 e. The first-order valence-corrected chi connectivity index (χ1v) is 36.4. The number of hydrogen-bond donors (Lipinski definition) is 4. The molecule has 0 aliphatic heterocycles. The van der Waals surface area contributed by atoms with Crippen LogP contribution in [0.1, 0.15) is 361 Å². The molecule has 2 amide bonds. The molecule has 0 aromatic rings. The largest absolute Gasteiger partial charge is 0.481 e. The summed E-state index contributed by atoms with van der Waals surface area (Å²) in [6.07, 6.45) is 56.5. The van der Waals surface area contributed by atoms with Crippen LogP contribution in [0.5, 0.6) is 0 Å². The topological polar surface area (TPSA) is 230 Å². The summed E-state index contributed by atoms with van der Waals surface area (Å²) in [5.74, 6) is -2.15. The Labute approximate surface area is 536 Å². The van der Waals surface area contributed by atoms with Crippen molar-refractivity contribution in [2.75, 3.05) is 46.2 Å². The molecule has 0 aliphatic rings. The number of carbonyl (C=O) groups excluding carboxylic acids is 5. The van der Waals surface area contributed by atoms with E-state index in [1.54, 1.807) is 20.8 Å². The lowest BCUT2D eigenvalue weighted by atomic mass is 10.0. The molecular formula is C72H134N2O14. The van der Waals surface area contributed by atoms with E-state index in [1.807, 2.05) is 0 Å². The van der Waals surface area contributed by atoms with E-state index in [0.717, 1.165) is 64.2 Å². The highest BCUT2D eigenvalue weighted by Crippen LogP contribution is 2.19. The summed E-state index contributed by atoms with van der Waals surface area (Å²) >= 11 is 0. The number of alkyl carbamates (subject to hydrolysis) is 1. The van der Waals surface area contributed by atoms with Gasteiger partial charge in [0.25, 0.3) is 0 Å². The molecule has 0 unspecified atom stereocenters. The third-order valence-electron chi connectivity index (χ3n) is 16.3. The molecule has 0 spiro atoms. The Morgan fingerprint density at radius 3 is 0.932 bits per heavy atom. The Kier molecular flexibility index (Phi) is 61.9. The van der Waals surface area contributed by atoms with Crippen LogP contribution in [0.25, 0.3) is 0 Å². The van der Waals surface area contributed by atoms with E-state index >= 15 is 0 Å². The minimum absolute atomic E-state index is 0.163. The maximum atomic E-state index is 13.2. The lowest BCUT2D eigenvalue weighted by Crippen LogP contribution is -2.43. The van der Waals surface area contributed by atoms with E-state index in [1.165, 1.54) is 218 Å². The Bertz CT molecular complexity index is 1660. The molecule has 0 aromatic carbocycles. The number of carboxylic acid groups (broad SMARTS) is 2. The maximum absolute atomic E-state index is 13.2. The fourth-order valence-electron chi connectivity index (χ4n) is 11.0. The molecule has 0 rings (SSSR count). The molecule has 0 radical (unpaired) electrons. The molecule has 16 nitrogen and oxygen atoms in total. The van der Waals surface area contributed by atoms with Crippen LogP contribution in [0.2, 0.25) is 0 Å². The number of aliphatic carboxylic acids is 2. The zero-order chi connectivity index (χ0) is 64.5. The molecule has 0 bridgehead atoms. The molecule has 0 heterocycles. The van der Waals surface area contributed by atoms with Crippen LogP contribution in [0.15, 0.2) is 0 Å². The number of carbonyl (C=O) groups is 7. The van der Waals surface area contributed by atoms with Crippen LogP contribution in [0.4, 0.5) is 4.79 Å². The number of nitrogens with one attached hydrogen (secondary N) is 2. The van der Waals surface area contributed by atoms with Crippen LogP contribution in [-0.2, 0) is 52.5 Å². The van der Waals surface area contributed by atoms with Crippen molar-refractivity contribution in [3.8, 4) is 0 Å². The van der Waals surface area contributed by atoms with Crippen LogP contribution < -0.4 is 10.6 Å². The number of unbranched alkanes of at least 4 members (excludes halogenated alkanes) is 42. The second-order valence-corrected chi connectivity index (χ2v) is 26.0. The van der Waals surface area contributed by atoms with E-state index in [-0.39, 0.29) is 75.9 Å². The van der Waals surface area contributed by atoms with Crippen molar-refractivity contribution in [2.45, 2.75) is 373 Å². The zero-order valence-corrected chi connectivity index (χ0v) is 56.8. The minimum Gasteiger partial charge on any atom is -0.481 e. The fourth-order valence-corrected chi connectivity index (χ4v) is 11.0. The van der Waals surface area contributed by atoms with Crippen molar-refractivity contribution in [1.29, 1.82) is 0 Å². The second kappa shape index (κ2) is 64.7. The number of esters is 2. The Morgan fingerprint density at radius 1 is 0.330 bits per heavy atom. The average molecular weight is 1250 g/mol. The van der Waals surface area contributed by atoms with Gasteiger partial charge in [0.15, 0.2) is 5.78 Å². The summed E-state index contributed by atoms with van der Waals surface area (Å²) in [7, 11) is 0. The SMILES string of the molecule is CC(C)(C)OC(=O)N[C@@H](CCCC(=O)NCCOCCOC(=O)CCCCCCCCCCCCCCCCCCCCCCCCC(=O)O)C(=O)CCCOCCOC(=O)CCCCCCCCCCCCCCCCCCCCCCCCC(=O)O. The molecule has 0 aliphatic carbocycles. The first kappa shape index (κ1) is 84.2. The number of carboxylic acids is 2. The minimum atomic E-state index is -0.819. The van der Waals surface area contributed by atoms with E-state index in [2.05, 4.69) is 10.6 Å². The number of amides is 2. The number of ether oxygens (including phenoxy) is 5. The molecule has 0 saturated carbocycles. The summed E-state index contributed by atoms with van der Waals surface area (Å²) in [6.45, 7) is 6.93. The average Bonchev–Trinajstić information content (AvgIpc) is 3.62. The summed E-state index contributed by atoms with van der Waals surface area (Å²) in [5, 5.41) is 22.9. The lowest BCUT2D eigenvalue weighted by molar-refractivity contribution is -0.146. The number of ketones is 1. The normalized spacial score (nSPS) is 11.8. The van der Waals surface area contributed by atoms with Crippen molar-refractivity contribution in [3.63, 3.8) is 0 Å². The van der Waals surface area contributed by atoms with Gasteiger partial charge in [-0.1, -0.05) is 257 Å². The van der Waals surface area contributed by atoms with Crippen molar-refractivity contribution >= 4 is 41.7 Å². The highest BCUT2D eigenvalue weighted by Gasteiger charge is 2.24. The standard InChI is InChI=1S/C72H134N2O14/c1-72(2,3)88-71(83)74-64(65(75)51-49-58-84-60-62-86-69(81)55-46-42-38-34-30-26-22-18-14-10-6-4-8-12-16-20-24-28-32-36-40-44-53-67(77)78)50-48-52-66(76)73-57-59-85-61-63-87-70(82)56-47-43-39-35-31-27-23-19-15-11-7-5-9-13-17-21-25-29-33-37-41-45-54-68(79)80/h64H,4-63H2,1-3H3,(H,73,76)(H,74,83)(H,77,78)(H,79,80)/t64-/m0/s1. The van der Waals surface area contributed by atoms with E-state index < -0.39 is 29.7 Å². The third-order valence-corrected chi connectivity index (χ3v) is 16.3. The van der Waals surface area contributed by atoms with Gasteiger partial charge in [-0.2, -0.15) is 0 Å². The summed E-state index contributed by atoms with van der Waals surface area (Å²) in [4.78, 5) is 83.9. The Balaban J connectivity index is 3.82. The molecule has 88 heavy (non-hydrogen) atoms. The van der Waals surface area contributed by atoms with Gasteiger partial charge in [-0.15, -0.1) is 0 Å². The summed E-state index contributed by atoms with van der Waals surface area (Å²) < 4.78 is 27.2. The van der Waals surface area contributed by atoms with Gasteiger partial charge < -0.3 is 44.5 Å². The molecule has 4 N–H and O–H groups in total.